The van der Waals surface area contributed by atoms with Crippen LogP contribution in [0.3, 0.4) is 0 Å². The highest BCUT2D eigenvalue weighted by Crippen LogP contribution is 2.39. The molecule has 6 rings (SSSR count). The topological polar surface area (TPSA) is 102 Å². The number of nitriles is 1. The van der Waals surface area contributed by atoms with Crippen LogP contribution >= 0.6 is 11.6 Å². The summed E-state index contributed by atoms with van der Waals surface area (Å²) >= 11 is 6.39. The van der Waals surface area contributed by atoms with Crippen LogP contribution in [0.1, 0.15) is 27.2 Å². The molecular formula is C33H35ClF2N8O2. The average molecular weight is 649 g/mol. The molecule has 0 spiro atoms. The summed E-state index contributed by atoms with van der Waals surface area (Å²) in [5, 5.41) is 10.9. The van der Waals surface area contributed by atoms with E-state index in [-0.39, 0.29) is 35.7 Å². The van der Waals surface area contributed by atoms with E-state index in [1.165, 1.54) is 12.3 Å². The number of nitrogens with zero attached hydrogens (tertiary/aromatic N) is 8. The number of rotatable bonds is 5. The molecule has 2 aromatic carbocycles. The number of hydrogen-bond acceptors (Lipinski definition) is 9. The van der Waals surface area contributed by atoms with Crippen molar-refractivity contribution < 1.29 is 18.3 Å². The first kappa shape index (κ1) is 31.6. The summed E-state index contributed by atoms with van der Waals surface area (Å²) in [7, 11) is 4.01. The summed E-state index contributed by atoms with van der Waals surface area (Å²) in [5.74, 6) is -0.466. The maximum Gasteiger partial charge on any atom is 0.410 e. The zero-order chi connectivity index (χ0) is 32.9. The molecule has 4 aromatic rings. The molecule has 1 atom stereocenters. The summed E-state index contributed by atoms with van der Waals surface area (Å²) in [5.41, 5.74) is -0.284. The molecule has 1 amide bonds. The molecule has 0 unspecified atom stereocenters. The molecule has 2 aliphatic rings. The monoisotopic (exact) mass is 648 g/mol. The third kappa shape index (κ3) is 5.85. The van der Waals surface area contributed by atoms with Crippen molar-refractivity contribution in [2.45, 2.75) is 44.9 Å². The molecule has 0 radical (unpaired) electrons. The van der Waals surface area contributed by atoms with E-state index in [4.69, 9.17) is 26.3 Å². The third-order valence-electron chi connectivity index (χ3n) is 8.46. The zero-order valence-corrected chi connectivity index (χ0v) is 27.1. The first-order valence-corrected chi connectivity index (χ1v) is 15.5. The smallest absolute Gasteiger partial charge is 0.410 e. The summed E-state index contributed by atoms with van der Waals surface area (Å²) in [4.78, 5) is 34.8. The molecule has 10 nitrogen and oxygen atoms in total. The minimum Gasteiger partial charge on any atom is -0.444 e. The second kappa shape index (κ2) is 12.1. The fourth-order valence-electron chi connectivity index (χ4n) is 5.94. The average Bonchev–Trinajstić information content (AvgIpc) is 2.97. The summed E-state index contributed by atoms with van der Waals surface area (Å²) < 4.78 is 36.9. The highest BCUT2D eigenvalue weighted by molar-refractivity contribution is 6.36. The molecular weight excluding hydrogens is 614 g/mol. The van der Waals surface area contributed by atoms with E-state index in [1.54, 1.807) is 49.9 Å². The van der Waals surface area contributed by atoms with E-state index in [2.05, 4.69) is 16.0 Å². The Morgan fingerprint density at radius 1 is 1.11 bits per heavy atom. The van der Waals surface area contributed by atoms with Gasteiger partial charge in [0.2, 0.25) is 5.95 Å². The van der Waals surface area contributed by atoms with Crippen LogP contribution in [0.15, 0.2) is 36.5 Å². The summed E-state index contributed by atoms with van der Waals surface area (Å²) in [6.07, 6.45) is 1.12. The molecule has 46 heavy (non-hydrogen) atoms. The number of piperazine rings is 1. The van der Waals surface area contributed by atoms with Crippen molar-refractivity contribution in [2.75, 3.05) is 56.6 Å². The van der Waals surface area contributed by atoms with Crippen LogP contribution in [0.2, 0.25) is 5.02 Å². The summed E-state index contributed by atoms with van der Waals surface area (Å²) in [6, 6.07) is 10.1. The number of likely N-dealkylation sites (N-methyl/N-ethyl adjacent to an activating group) is 1. The Morgan fingerprint density at radius 3 is 2.57 bits per heavy atom. The van der Waals surface area contributed by atoms with Gasteiger partial charge in [-0.1, -0.05) is 35.9 Å². The number of benzene rings is 2. The van der Waals surface area contributed by atoms with Gasteiger partial charge in [0.1, 0.15) is 28.4 Å². The van der Waals surface area contributed by atoms with E-state index >= 15 is 4.39 Å². The summed E-state index contributed by atoms with van der Waals surface area (Å²) in [6.45, 7) is 7.65. The van der Waals surface area contributed by atoms with Gasteiger partial charge in [-0.15, -0.1) is 0 Å². The highest BCUT2D eigenvalue weighted by Gasteiger charge is 2.36. The molecule has 0 N–H and O–H groups in total. The number of aromatic nitrogens is 3. The molecule has 2 aromatic heterocycles. The van der Waals surface area contributed by atoms with Gasteiger partial charge in [-0.3, -0.25) is 4.98 Å². The number of carbonyl (C=O) groups is 1. The Labute approximate surface area is 271 Å². The lowest BCUT2D eigenvalue weighted by Crippen LogP contribution is -2.58. The second-order valence-corrected chi connectivity index (χ2v) is 13.3. The minimum atomic E-state index is -0.689. The van der Waals surface area contributed by atoms with Gasteiger partial charge in [0.15, 0.2) is 5.82 Å². The van der Waals surface area contributed by atoms with E-state index < -0.39 is 29.4 Å². The molecule has 2 aliphatic heterocycles. The van der Waals surface area contributed by atoms with E-state index in [0.29, 0.717) is 59.2 Å². The minimum absolute atomic E-state index is 0.00641. The molecule has 0 bridgehead atoms. The largest absolute Gasteiger partial charge is 0.444 e. The molecule has 240 valence electrons. The Kier molecular flexibility index (Phi) is 8.33. The van der Waals surface area contributed by atoms with Gasteiger partial charge < -0.3 is 24.3 Å². The van der Waals surface area contributed by atoms with Gasteiger partial charge in [-0.25, -0.2) is 18.6 Å². The molecule has 4 heterocycles. The van der Waals surface area contributed by atoms with Gasteiger partial charge in [0.05, 0.1) is 28.9 Å². The molecule has 0 aliphatic carbocycles. The Balaban J connectivity index is 1.45. The SMILES string of the molecule is CN(C)C1CN(c2nc(N3CCN(C(=O)OC(C)(C)C)[C@@H](CC#N)C3)c3cnc(-c4cccc5ccc(F)c(Cl)c45)c(F)c3n2)C1. The van der Waals surface area contributed by atoms with Crippen LogP contribution in [0.4, 0.5) is 25.3 Å². The van der Waals surface area contributed by atoms with Crippen LogP contribution in [0, 0.1) is 23.0 Å². The first-order chi connectivity index (χ1) is 21.9. The van der Waals surface area contributed by atoms with E-state index in [1.807, 2.05) is 23.9 Å². The lowest BCUT2D eigenvalue weighted by Gasteiger charge is -2.44. The Hall–Kier alpha value is -4.34. The molecule has 13 heteroatoms. The number of fused-ring (bicyclic) bond motifs is 2. The molecule has 2 fully saturated rings. The normalized spacial score (nSPS) is 17.5. The van der Waals surface area contributed by atoms with Gasteiger partial charge in [-0.05, 0) is 46.3 Å². The first-order valence-electron chi connectivity index (χ1n) is 15.1. The van der Waals surface area contributed by atoms with Crippen LogP contribution in [0.5, 0.6) is 0 Å². The maximum atomic E-state index is 16.7. The standard InChI is InChI=1S/C33H35ClF2N8O2/c1-33(2,3)46-32(45)44-14-13-42(16-20(44)11-12-37)30-23-15-38-28(22-8-6-7-19-9-10-24(35)26(34)25(19)22)27(36)29(23)39-31(40-30)43-17-21(18-43)41(4)5/h6-10,15,20-21H,11,13-14,16-18H2,1-5H3/t20-/m0/s1. The predicted molar refractivity (Wildman–Crippen MR) is 174 cm³/mol. The van der Waals surface area contributed by atoms with Crippen molar-refractivity contribution in [3.63, 3.8) is 0 Å². The fraction of sp³-hybridized carbons (Fsp3) is 0.424. The van der Waals surface area contributed by atoms with E-state index in [0.717, 1.165) is 0 Å². The number of pyridine rings is 1. The zero-order valence-electron chi connectivity index (χ0n) is 26.4. The van der Waals surface area contributed by atoms with Crippen molar-refractivity contribution in [3.8, 4) is 17.3 Å². The van der Waals surface area contributed by atoms with Crippen molar-refractivity contribution in [2.24, 2.45) is 0 Å². The van der Waals surface area contributed by atoms with Crippen LogP contribution in [-0.4, -0.2) is 95.3 Å². The number of halogens is 3. The van der Waals surface area contributed by atoms with Crippen molar-refractivity contribution >= 4 is 51.1 Å². The lowest BCUT2D eigenvalue weighted by molar-refractivity contribution is 0.0145. The number of anilines is 2. The van der Waals surface area contributed by atoms with Gasteiger partial charge >= 0.3 is 6.09 Å². The van der Waals surface area contributed by atoms with Crippen LogP contribution in [-0.2, 0) is 4.74 Å². The van der Waals surface area contributed by atoms with Crippen molar-refractivity contribution in [1.82, 2.24) is 24.8 Å². The Morgan fingerprint density at radius 2 is 1.87 bits per heavy atom. The number of amides is 1. The van der Waals surface area contributed by atoms with Gasteiger partial charge in [0.25, 0.3) is 0 Å². The number of carbonyl (C=O) groups excluding carboxylic acids is 1. The number of ether oxygens (including phenoxy) is 1. The van der Waals surface area contributed by atoms with Crippen molar-refractivity contribution in [1.29, 1.82) is 5.26 Å². The van der Waals surface area contributed by atoms with Gasteiger partial charge in [-0.2, -0.15) is 10.2 Å². The highest BCUT2D eigenvalue weighted by atomic mass is 35.5. The second-order valence-electron chi connectivity index (χ2n) is 13.0. The van der Waals surface area contributed by atoms with E-state index in [9.17, 15) is 14.4 Å². The van der Waals surface area contributed by atoms with Crippen LogP contribution in [0.25, 0.3) is 32.9 Å². The quantitative estimate of drug-likeness (QED) is 0.263. The number of hydrogen-bond donors (Lipinski definition) is 0. The third-order valence-corrected chi connectivity index (χ3v) is 8.82. The fourth-order valence-corrected chi connectivity index (χ4v) is 6.22. The van der Waals surface area contributed by atoms with Crippen molar-refractivity contribution in [3.05, 3.63) is 53.2 Å². The molecule has 0 saturated carbocycles. The Bertz CT molecular complexity index is 1870. The maximum absolute atomic E-state index is 16.7. The van der Waals surface area contributed by atoms with Crippen LogP contribution < -0.4 is 9.80 Å². The predicted octanol–water partition coefficient (Wildman–Crippen LogP) is 5.87. The lowest BCUT2D eigenvalue weighted by atomic mass is 10.0. The molecule has 2 saturated heterocycles. The van der Waals surface area contributed by atoms with Gasteiger partial charge in [0, 0.05) is 55.9 Å².